The van der Waals surface area contributed by atoms with Crippen molar-refractivity contribution in [3.05, 3.63) is 18.2 Å². The molecular weight excluding hydrogens is 218 g/mol. The molecule has 1 aromatic carbocycles. The summed E-state index contributed by atoms with van der Waals surface area (Å²) < 4.78 is 5.89. The highest BCUT2D eigenvalue weighted by molar-refractivity contribution is 5.59. The molecule has 1 saturated heterocycles. The van der Waals surface area contributed by atoms with E-state index in [9.17, 15) is 0 Å². The number of quaternary nitrogens is 1. The number of likely N-dealkylation sites (N-methyl/N-ethyl adjacent to an activating group) is 1. The van der Waals surface area contributed by atoms with Gasteiger partial charge in [0.15, 0.2) is 5.69 Å². The van der Waals surface area contributed by atoms with Crippen molar-refractivity contribution in [2.24, 2.45) is 0 Å². The fourth-order valence-corrected chi connectivity index (χ4v) is 2.15. The molecule has 1 unspecified atom stereocenters. The van der Waals surface area contributed by atoms with E-state index in [0.29, 0.717) is 11.4 Å². The van der Waals surface area contributed by atoms with Gasteiger partial charge in [-0.15, -0.1) is 0 Å². The van der Waals surface area contributed by atoms with Gasteiger partial charge in [-0.2, -0.15) is 5.48 Å². The largest absolute Gasteiger partial charge is 0.489 e. The highest BCUT2D eigenvalue weighted by Gasteiger charge is 2.19. The van der Waals surface area contributed by atoms with Crippen molar-refractivity contribution >= 4 is 11.4 Å². The maximum atomic E-state index is 9.02. The second-order valence-electron chi connectivity index (χ2n) is 4.56. The molecular formula is C12H20N3O2+. The van der Waals surface area contributed by atoms with Crippen LogP contribution < -0.4 is 16.0 Å². The van der Waals surface area contributed by atoms with E-state index in [2.05, 4.69) is 11.9 Å². The van der Waals surface area contributed by atoms with Gasteiger partial charge in [0.05, 0.1) is 5.69 Å². The number of hydrogen-bond acceptors (Lipinski definition) is 4. The predicted molar refractivity (Wildman–Crippen MR) is 65.4 cm³/mol. The minimum absolute atomic E-state index is 0.226. The number of nitrogens with two attached hydrogens (primary N) is 2. The Morgan fingerprint density at radius 3 is 3.06 bits per heavy atom. The fraction of sp³-hybridized carbons (Fsp3) is 0.500. The molecule has 5 heteroatoms. The first-order valence-electron chi connectivity index (χ1n) is 5.91. The zero-order valence-electron chi connectivity index (χ0n) is 10.1. The van der Waals surface area contributed by atoms with Crippen LogP contribution in [0, 0.1) is 0 Å². The second kappa shape index (κ2) is 5.35. The summed E-state index contributed by atoms with van der Waals surface area (Å²) in [6.45, 7) is 2.08. The Hall–Kier alpha value is -1.30. The first-order chi connectivity index (χ1) is 8.19. The Kier molecular flexibility index (Phi) is 3.83. The molecule has 5 N–H and O–H groups in total. The predicted octanol–water partition coefficient (Wildman–Crippen LogP) is 0.326. The number of nitrogens with zero attached hydrogens (tertiary/aromatic N) is 1. The maximum absolute atomic E-state index is 9.02. The molecule has 5 nitrogen and oxygen atoms in total. The average molecular weight is 238 g/mol. The number of ether oxygens (including phenoxy) is 1. The molecule has 1 aromatic rings. The highest BCUT2D eigenvalue weighted by atomic mass is 16.5. The Morgan fingerprint density at radius 2 is 2.35 bits per heavy atom. The van der Waals surface area contributed by atoms with Gasteiger partial charge in [-0.05, 0) is 38.6 Å². The van der Waals surface area contributed by atoms with Crippen molar-refractivity contribution in [1.29, 1.82) is 0 Å². The van der Waals surface area contributed by atoms with E-state index in [1.165, 1.54) is 0 Å². The van der Waals surface area contributed by atoms with Gasteiger partial charge in [-0.3, -0.25) is 0 Å². The first kappa shape index (κ1) is 12.2. The van der Waals surface area contributed by atoms with Crippen LogP contribution in [0.4, 0.5) is 11.4 Å². The van der Waals surface area contributed by atoms with Gasteiger partial charge in [0, 0.05) is 12.6 Å². The van der Waals surface area contributed by atoms with Crippen LogP contribution in [0.3, 0.4) is 0 Å². The van der Waals surface area contributed by atoms with E-state index in [1.54, 1.807) is 12.1 Å². The fourth-order valence-electron chi connectivity index (χ4n) is 2.15. The molecule has 1 fully saturated rings. The van der Waals surface area contributed by atoms with E-state index >= 15 is 0 Å². The minimum atomic E-state index is 0.226. The lowest BCUT2D eigenvalue weighted by Gasteiger charge is -2.30. The van der Waals surface area contributed by atoms with Crippen molar-refractivity contribution in [2.45, 2.75) is 18.9 Å². The summed E-state index contributed by atoms with van der Waals surface area (Å²) in [6.07, 6.45) is 2.46. The third-order valence-electron chi connectivity index (χ3n) is 3.08. The minimum Gasteiger partial charge on any atom is -0.489 e. The van der Waals surface area contributed by atoms with Crippen molar-refractivity contribution in [3.63, 3.8) is 0 Å². The second-order valence-corrected chi connectivity index (χ2v) is 4.56. The quantitative estimate of drug-likeness (QED) is 0.524. The molecule has 0 bridgehead atoms. The van der Waals surface area contributed by atoms with Crippen molar-refractivity contribution in [1.82, 2.24) is 4.90 Å². The molecule has 0 radical (unpaired) electrons. The van der Waals surface area contributed by atoms with Crippen LogP contribution in [-0.2, 0) is 0 Å². The third kappa shape index (κ3) is 3.09. The summed E-state index contributed by atoms with van der Waals surface area (Å²) in [7, 11) is 2.10. The van der Waals surface area contributed by atoms with Crippen LogP contribution in [0.1, 0.15) is 12.8 Å². The van der Waals surface area contributed by atoms with Crippen LogP contribution in [0.2, 0.25) is 0 Å². The zero-order chi connectivity index (χ0) is 12.3. The van der Waals surface area contributed by atoms with Crippen LogP contribution in [0.5, 0.6) is 5.75 Å². The molecule has 0 spiro atoms. The summed E-state index contributed by atoms with van der Waals surface area (Å²) in [5.74, 6) is 0.764. The standard InChI is InChI=1S/C12H19N3O2/c1-15-6-2-3-10(8-15)17-9-4-5-11(13)12(7-9)14-16/h4-5,7,10,14,16H,2-3,6,8,13H2,1H3/p+1. The van der Waals surface area contributed by atoms with Crippen LogP contribution in [0.15, 0.2) is 18.2 Å². The van der Waals surface area contributed by atoms with E-state index in [4.69, 9.17) is 15.7 Å². The number of hydrogen-bond donors (Lipinski definition) is 3. The van der Waals surface area contributed by atoms with Crippen LogP contribution in [-0.4, -0.2) is 36.3 Å². The zero-order valence-corrected chi connectivity index (χ0v) is 10.1. The molecule has 1 aliphatic rings. The van der Waals surface area contributed by atoms with Gasteiger partial charge in [0.25, 0.3) is 0 Å². The molecule has 17 heavy (non-hydrogen) atoms. The van der Waals surface area contributed by atoms with E-state index in [0.717, 1.165) is 37.2 Å². The summed E-state index contributed by atoms with van der Waals surface area (Å²) in [4.78, 5) is 2.27. The summed E-state index contributed by atoms with van der Waals surface area (Å²) in [6, 6.07) is 5.37. The van der Waals surface area contributed by atoms with E-state index < -0.39 is 0 Å². The summed E-state index contributed by atoms with van der Waals surface area (Å²) in [5.41, 5.74) is 7.87. The topological polar surface area (TPSA) is 75.3 Å². The van der Waals surface area contributed by atoms with Gasteiger partial charge in [-0.25, -0.2) is 5.21 Å². The van der Waals surface area contributed by atoms with Gasteiger partial charge in [-0.1, -0.05) is 0 Å². The van der Waals surface area contributed by atoms with E-state index in [-0.39, 0.29) is 6.10 Å². The lowest BCUT2D eigenvalue weighted by molar-refractivity contribution is -0.825. The Bertz CT molecular complexity index is 384. The van der Waals surface area contributed by atoms with Crippen molar-refractivity contribution in [3.8, 4) is 5.75 Å². The molecule has 2 rings (SSSR count). The maximum Gasteiger partial charge on any atom is 0.188 e. The van der Waals surface area contributed by atoms with Gasteiger partial charge in [0.2, 0.25) is 0 Å². The number of nitrogen functional groups attached to an aromatic ring is 1. The lowest BCUT2D eigenvalue weighted by atomic mass is 10.1. The molecule has 0 aromatic heterocycles. The Labute approximate surface area is 101 Å². The summed E-state index contributed by atoms with van der Waals surface area (Å²) >= 11 is 0. The Morgan fingerprint density at radius 1 is 1.53 bits per heavy atom. The van der Waals surface area contributed by atoms with Gasteiger partial charge in [0.1, 0.15) is 11.9 Å². The van der Waals surface area contributed by atoms with Crippen LogP contribution in [0.25, 0.3) is 0 Å². The Balaban J connectivity index is 2.02. The molecule has 94 valence electrons. The molecule has 0 amide bonds. The number of piperidine rings is 1. The molecule has 1 atom stereocenters. The summed E-state index contributed by atoms with van der Waals surface area (Å²) in [5, 5.41) is 9.02. The molecule has 0 saturated carbocycles. The number of anilines is 1. The normalized spacial score (nSPS) is 21.4. The monoisotopic (exact) mass is 238 g/mol. The van der Waals surface area contributed by atoms with Crippen molar-refractivity contribution < 1.29 is 15.4 Å². The lowest BCUT2D eigenvalue weighted by Crippen LogP contribution is -2.74. The first-order valence-corrected chi connectivity index (χ1v) is 5.91. The smallest absolute Gasteiger partial charge is 0.188 e. The van der Waals surface area contributed by atoms with E-state index in [1.807, 2.05) is 6.07 Å². The highest BCUT2D eigenvalue weighted by Crippen LogP contribution is 2.23. The van der Waals surface area contributed by atoms with Gasteiger partial charge < -0.3 is 15.4 Å². The van der Waals surface area contributed by atoms with Crippen LogP contribution >= 0.6 is 0 Å². The third-order valence-corrected chi connectivity index (χ3v) is 3.08. The number of likely N-dealkylation sites (tertiary alicyclic amines) is 1. The number of rotatable bonds is 3. The molecule has 1 heterocycles. The molecule has 0 aliphatic carbocycles. The van der Waals surface area contributed by atoms with Gasteiger partial charge >= 0.3 is 0 Å². The van der Waals surface area contributed by atoms with Crippen molar-refractivity contribution in [2.75, 3.05) is 25.9 Å². The average Bonchev–Trinajstić information content (AvgIpc) is 2.32. The molecule has 1 aliphatic heterocycles. The SMILES string of the molecule is CN1CCCC(Oc2ccc(N)c([NH2+]O)c2)C1. The number of benzene rings is 1.